The van der Waals surface area contributed by atoms with Gasteiger partial charge in [-0.3, -0.25) is 14.3 Å². The lowest BCUT2D eigenvalue weighted by Crippen LogP contribution is -2.38. The number of halogens is 1. The summed E-state index contributed by atoms with van der Waals surface area (Å²) in [6, 6.07) is 0. The predicted molar refractivity (Wildman–Crippen MR) is 85.2 cm³/mol. The summed E-state index contributed by atoms with van der Waals surface area (Å²) in [5.74, 6) is 1.26. The van der Waals surface area contributed by atoms with Gasteiger partial charge in [-0.2, -0.15) is 11.8 Å². The molecule has 1 aliphatic rings. The van der Waals surface area contributed by atoms with E-state index in [2.05, 4.69) is 11.2 Å². The van der Waals surface area contributed by atoms with Gasteiger partial charge in [0, 0.05) is 6.54 Å². The number of rotatable bonds is 6. The molecule has 112 valence electrons. The fourth-order valence-corrected chi connectivity index (χ4v) is 3.66. The molecule has 1 heterocycles. The summed E-state index contributed by atoms with van der Waals surface area (Å²) in [7, 11) is 0. The average Bonchev–Trinajstić information content (AvgIpc) is 2.91. The van der Waals surface area contributed by atoms with E-state index in [0.29, 0.717) is 12.1 Å². The Morgan fingerprint density at radius 3 is 2.65 bits per heavy atom. The number of aromatic nitrogens is 2. The highest BCUT2D eigenvalue weighted by atomic mass is 35.5. The molecule has 1 aromatic rings. The molecule has 0 unspecified atom stereocenters. The molecule has 6 heteroatoms. The molecule has 1 fully saturated rings. The molecule has 0 amide bonds. The smallest absolute Gasteiger partial charge is 0.297 e. The Morgan fingerprint density at radius 2 is 2.00 bits per heavy atom. The third-order valence-corrected chi connectivity index (χ3v) is 4.91. The predicted octanol–water partition coefficient (Wildman–Crippen LogP) is 2.99. The molecule has 4 nitrogen and oxygen atoms in total. The largest absolute Gasteiger partial charge is 0.329 e. The highest BCUT2D eigenvalue weighted by Crippen LogP contribution is 2.34. The van der Waals surface area contributed by atoms with Gasteiger partial charge in [0.25, 0.3) is 5.56 Å². The molecule has 0 saturated heterocycles. The number of hydrogen-bond acceptors (Lipinski definition) is 3. The van der Waals surface area contributed by atoms with Crippen LogP contribution in [0.3, 0.4) is 0 Å². The monoisotopic (exact) mass is 316 g/mol. The van der Waals surface area contributed by atoms with Gasteiger partial charge >= 0.3 is 5.69 Å². The van der Waals surface area contributed by atoms with E-state index in [9.17, 15) is 9.59 Å². The number of nitrogens with one attached hydrogen (secondary N) is 1. The van der Waals surface area contributed by atoms with Crippen LogP contribution in [-0.4, -0.2) is 21.6 Å². The Hall–Kier alpha value is -0.680. The van der Waals surface area contributed by atoms with Crippen LogP contribution in [0.2, 0.25) is 5.15 Å². The number of hydrogen-bond donors (Lipinski definition) is 1. The Labute approximate surface area is 127 Å². The van der Waals surface area contributed by atoms with E-state index in [0.717, 1.165) is 44.3 Å². The van der Waals surface area contributed by atoms with E-state index in [4.69, 9.17) is 11.6 Å². The standard InChI is InChI=1S/C14H21ClN2O2S/c1-20-9-5-4-8-17-13(18)11(10-6-2-3-7-10)12(15)16-14(17)19/h10H,2-9H2,1H3,(H,16,19). The Bertz CT molecular complexity index is 561. The van der Waals surface area contributed by atoms with Crippen LogP contribution in [-0.2, 0) is 6.54 Å². The number of H-pyrrole nitrogens is 1. The zero-order chi connectivity index (χ0) is 14.5. The van der Waals surface area contributed by atoms with Crippen LogP contribution in [0.25, 0.3) is 0 Å². The zero-order valence-corrected chi connectivity index (χ0v) is 13.4. The molecule has 0 bridgehead atoms. The van der Waals surface area contributed by atoms with Crippen molar-refractivity contribution in [1.82, 2.24) is 9.55 Å². The number of unbranched alkanes of at least 4 members (excludes halogenated alkanes) is 1. The highest BCUT2D eigenvalue weighted by Gasteiger charge is 2.24. The summed E-state index contributed by atoms with van der Waals surface area (Å²) in [5.41, 5.74) is 0.0503. The van der Waals surface area contributed by atoms with Crippen LogP contribution in [0.15, 0.2) is 9.59 Å². The van der Waals surface area contributed by atoms with Crippen molar-refractivity contribution < 1.29 is 0 Å². The minimum Gasteiger partial charge on any atom is -0.297 e. The third-order valence-electron chi connectivity index (χ3n) is 3.92. The maximum Gasteiger partial charge on any atom is 0.329 e. The van der Waals surface area contributed by atoms with E-state index in [-0.39, 0.29) is 22.3 Å². The molecule has 0 radical (unpaired) electrons. The Morgan fingerprint density at radius 1 is 1.30 bits per heavy atom. The van der Waals surface area contributed by atoms with Gasteiger partial charge in [-0.1, -0.05) is 24.4 Å². The van der Waals surface area contributed by atoms with Gasteiger partial charge in [0.15, 0.2) is 0 Å². The number of aromatic amines is 1. The first-order chi connectivity index (χ1) is 9.65. The number of thioether (sulfide) groups is 1. The minimum atomic E-state index is -0.383. The number of nitrogens with zero attached hydrogens (tertiary/aromatic N) is 1. The summed E-state index contributed by atoms with van der Waals surface area (Å²) >= 11 is 7.88. The van der Waals surface area contributed by atoms with E-state index >= 15 is 0 Å². The lowest BCUT2D eigenvalue weighted by Gasteiger charge is -2.13. The average molecular weight is 317 g/mol. The molecule has 1 N–H and O–H groups in total. The highest BCUT2D eigenvalue weighted by molar-refractivity contribution is 7.98. The summed E-state index contributed by atoms with van der Waals surface area (Å²) in [6.07, 6.45) is 8.16. The van der Waals surface area contributed by atoms with Gasteiger partial charge in [0.2, 0.25) is 0 Å². The molecule has 1 saturated carbocycles. The fourth-order valence-electron chi connectivity index (χ4n) is 2.85. The van der Waals surface area contributed by atoms with Gasteiger partial charge in [-0.05, 0) is 43.6 Å². The van der Waals surface area contributed by atoms with Gasteiger partial charge in [0.1, 0.15) is 5.15 Å². The fraction of sp³-hybridized carbons (Fsp3) is 0.714. The molecule has 2 rings (SSSR count). The van der Waals surface area contributed by atoms with Crippen LogP contribution in [0, 0.1) is 0 Å². The topological polar surface area (TPSA) is 54.9 Å². The molecular weight excluding hydrogens is 296 g/mol. The van der Waals surface area contributed by atoms with Crippen LogP contribution < -0.4 is 11.2 Å². The summed E-state index contributed by atoms with van der Waals surface area (Å²) < 4.78 is 1.32. The minimum absolute atomic E-state index is 0.185. The van der Waals surface area contributed by atoms with Crippen LogP contribution >= 0.6 is 23.4 Å². The van der Waals surface area contributed by atoms with E-state index in [1.165, 1.54) is 4.57 Å². The molecule has 0 aromatic carbocycles. The Kier molecular flexibility index (Phi) is 5.78. The maximum absolute atomic E-state index is 12.5. The Balaban J connectivity index is 2.25. The van der Waals surface area contributed by atoms with Gasteiger partial charge in [-0.15, -0.1) is 0 Å². The van der Waals surface area contributed by atoms with Crippen molar-refractivity contribution in [2.24, 2.45) is 0 Å². The first kappa shape index (κ1) is 15.7. The molecule has 20 heavy (non-hydrogen) atoms. The maximum atomic E-state index is 12.5. The van der Waals surface area contributed by atoms with Crippen molar-refractivity contribution in [3.8, 4) is 0 Å². The second kappa shape index (κ2) is 7.36. The van der Waals surface area contributed by atoms with E-state index < -0.39 is 0 Å². The van der Waals surface area contributed by atoms with Crippen molar-refractivity contribution in [3.05, 3.63) is 31.6 Å². The van der Waals surface area contributed by atoms with Crippen molar-refractivity contribution in [2.45, 2.75) is 51.0 Å². The summed E-state index contributed by atoms with van der Waals surface area (Å²) in [6.45, 7) is 0.478. The van der Waals surface area contributed by atoms with Crippen molar-refractivity contribution in [2.75, 3.05) is 12.0 Å². The molecular formula is C14H21ClN2O2S. The van der Waals surface area contributed by atoms with Gasteiger partial charge < -0.3 is 0 Å². The normalized spacial score (nSPS) is 15.9. The van der Waals surface area contributed by atoms with Crippen LogP contribution in [0.5, 0.6) is 0 Å². The van der Waals surface area contributed by atoms with Crippen molar-refractivity contribution >= 4 is 23.4 Å². The van der Waals surface area contributed by atoms with Crippen LogP contribution in [0.4, 0.5) is 0 Å². The zero-order valence-electron chi connectivity index (χ0n) is 11.8. The molecule has 0 spiro atoms. The molecule has 0 aliphatic heterocycles. The lowest BCUT2D eigenvalue weighted by molar-refractivity contribution is 0.568. The van der Waals surface area contributed by atoms with Crippen LogP contribution in [0.1, 0.15) is 50.0 Å². The first-order valence-corrected chi connectivity index (χ1v) is 8.93. The van der Waals surface area contributed by atoms with E-state index in [1.54, 1.807) is 11.8 Å². The second-order valence-corrected chi connectivity index (χ2v) is 6.66. The third kappa shape index (κ3) is 3.50. The van der Waals surface area contributed by atoms with Gasteiger partial charge in [0.05, 0.1) is 5.56 Å². The second-order valence-electron chi connectivity index (χ2n) is 5.30. The summed E-state index contributed by atoms with van der Waals surface area (Å²) in [5, 5.41) is 0.243. The van der Waals surface area contributed by atoms with E-state index in [1.807, 2.05) is 0 Å². The molecule has 1 aromatic heterocycles. The van der Waals surface area contributed by atoms with Crippen molar-refractivity contribution in [1.29, 1.82) is 0 Å². The quantitative estimate of drug-likeness (QED) is 0.648. The molecule has 0 atom stereocenters. The first-order valence-electron chi connectivity index (χ1n) is 7.16. The SMILES string of the molecule is CSCCCCn1c(=O)[nH]c(Cl)c(C2CCCC2)c1=O. The summed E-state index contributed by atoms with van der Waals surface area (Å²) in [4.78, 5) is 27.1. The van der Waals surface area contributed by atoms with Gasteiger partial charge in [-0.25, -0.2) is 4.79 Å². The lowest BCUT2D eigenvalue weighted by atomic mass is 10.0. The van der Waals surface area contributed by atoms with Crippen molar-refractivity contribution in [3.63, 3.8) is 0 Å². The molecule has 1 aliphatic carbocycles.